The highest BCUT2D eigenvalue weighted by atomic mass is 16.5. The Labute approximate surface area is 36.5 Å². The molecule has 0 aromatic heterocycles. The van der Waals surface area contributed by atoms with Crippen LogP contribution < -0.4 is 10.4 Å². The molecule has 3 nitrogen and oxygen atoms in total. The van der Waals surface area contributed by atoms with Crippen LogP contribution in [0.25, 0.3) is 0 Å². The van der Waals surface area contributed by atoms with E-state index in [1.165, 1.54) is 6.67 Å². The Morgan fingerprint density at radius 3 is 2.83 bits per heavy atom. The van der Waals surface area contributed by atoms with Gasteiger partial charge in [-0.25, -0.2) is 0 Å². The maximum Gasteiger partial charge on any atom is 0.209 e. The fourth-order valence-electron chi connectivity index (χ4n) is 0.454. The summed E-state index contributed by atoms with van der Waals surface area (Å²) in [6.45, 7) is 3.03. The molecule has 1 heterocycles. The molecule has 0 saturated carbocycles. The maximum absolute atomic E-state index is 10.1. The van der Waals surface area contributed by atoms with Crippen LogP contribution in [0.5, 0.6) is 0 Å². The molecule has 0 amide bonds. The van der Waals surface area contributed by atoms with Gasteiger partial charge in [0.15, 0.2) is 0 Å². The summed E-state index contributed by atoms with van der Waals surface area (Å²) in [4.78, 5) is 0. The largest absolute Gasteiger partial charge is 0.633 e. The molecule has 1 aliphatic rings. The highest BCUT2D eigenvalue weighted by Crippen LogP contribution is 1.60. The molecule has 3 heteroatoms. The monoisotopic (exact) mass is 87.1 g/mol. The molecule has 1 saturated heterocycles. The lowest BCUT2D eigenvalue weighted by atomic mass is 10.7. The minimum absolute atomic E-state index is 0.218. The van der Waals surface area contributed by atoms with E-state index in [4.69, 9.17) is 0 Å². The molecule has 0 spiro atoms. The van der Waals surface area contributed by atoms with Crippen LogP contribution in [-0.4, -0.2) is 13.1 Å². The van der Waals surface area contributed by atoms with Gasteiger partial charge >= 0.3 is 0 Å². The smallest absolute Gasteiger partial charge is 0.209 e. The predicted molar refractivity (Wildman–Crippen MR) is 21.5 cm³/mol. The third-order valence-electron chi connectivity index (χ3n) is 0.779. The number of hydrogen-bond donors (Lipinski definition) is 2. The van der Waals surface area contributed by atoms with Gasteiger partial charge in [-0.1, -0.05) is 0 Å². The van der Waals surface area contributed by atoms with Gasteiger partial charge in [-0.2, -0.15) is 0 Å². The van der Waals surface area contributed by atoms with E-state index < -0.39 is 0 Å². The Bertz CT molecular complexity index is 42.1. The number of rotatable bonds is 0. The Kier molecular flexibility index (Phi) is 1.05. The minimum atomic E-state index is 0.218. The molecular formula is C3H7N2O. The van der Waals surface area contributed by atoms with Gasteiger partial charge in [-0.3, -0.25) is 5.32 Å². The second kappa shape index (κ2) is 1.55. The molecule has 2 N–H and O–H groups in total. The highest BCUT2D eigenvalue weighted by molar-refractivity contribution is 4.53. The molecule has 0 aromatic rings. The molecule has 6 heavy (non-hydrogen) atoms. The molecule has 0 aromatic carbocycles. The average molecular weight is 87.1 g/mol. The van der Waals surface area contributed by atoms with Crippen molar-refractivity contribution in [1.29, 1.82) is 0 Å². The lowest BCUT2D eigenvalue weighted by Gasteiger charge is -2.09. The van der Waals surface area contributed by atoms with Gasteiger partial charge in [0.25, 0.3) is 0 Å². The van der Waals surface area contributed by atoms with Crippen molar-refractivity contribution in [2.24, 2.45) is 0 Å². The van der Waals surface area contributed by atoms with Crippen molar-refractivity contribution >= 4 is 0 Å². The molecule has 0 bridgehead atoms. The summed E-state index contributed by atoms with van der Waals surface area (Å²) in [5.74, 6) is 0. The number of hydroxylamine groups is 2. The summed E-state index contributed by atoms with van der Waals surface area (Å²) >= 11 is 0. The van der Waals surface area contributed by atoms with E-state index in [0.717, 1.165) is 6.54 Å². The molecule has 0 aliphatic carbocycles. The standard InChI is InChI=1S/C3H7N2O/c6-5-2-1-4-3-5/h3-5H,1-2H2. The van der Waals surface area contributed by atoms with Crippen LogP contribution in [0.2, 0.25) is 0 Å². The van der Waals surface area contributed by atoms with E-state index in [1.54, 1.807) is 0 Å². The molecular weight excluding hydrogens is 80.0 g/mol. The summed E-state index contributed by atoms with van der Waals surface area (Å²) in [6.07, 6.45) is 0. The fourth-order valence-corrected chi connectivity index (χ4v) is 0.454. The van der Waals surface area contributed by atoms with E-state index in [0.29, 0.717) is 6.54 Å². The predicted octanol–water partition coefficient (Wildman–Crippen LogP) is -1.91. The lowest BCUT2D eigenvalue weighted by Crippen LogP contribution is -3.02. The first-order valence-electron chi connectivity index (χ1n) is 1.99. The van der Waals surface area contributed by atoms with Crippen molar-refractivity contribution in [1.82, 2.24) is 5.32 Å². The Morgan fingerprint density at radius 1 is 1.83 bits per heavy atom. The summed E-state index contributed by atoms with van der Waals surface area (Å²) in [5, 5.41) is 13.1. The van der Waals surface area contributed by atoms with Crippen molar-refractivity contribution in [3.63, 3.8) is 0 Å². The van der Waals surface area contributed by atoms with Crippen LogP contribution in [0.3, 0.4) is 0 Å². The Hall–Kier alpha value is -0.120. The SMILES string of the molecule is [O-][NH+]1[CH]NCC1. The first-order chi connectivity index (χ1) is 2.89. The minimum Gasteiger partial charge on any atom is -0.633 e. The molecule has 1 unspecified atom stereocenters. The van der Waals surface area contributed by atoms with Crippen molar-refractivity contribution in [2.45, 2.75) is 0 Å². The van der Waals surface area contributed by atoms with Crippen LogP contribution in [0.4, 0.5) is 0 Å². The zero-order valence-electron chi connectivity index (χ0n) is 3.40. The molecule has 1 aliphatic heterocycles. The van der Waals surface area contributed by atoms with Crippen molar-refractivity contribution in [2.75, 3.05) is 13.1 Å². The maximum atomic E-state index is 10.1. The second-order valence-electron chi connectivity index (χ2n) is 1.31. The third-order valence-corrected chi connectivity index (χ3v) is 0.779. The normalized spacial score (nSPS) is 34.5. The summed E-state index contributed by atoms with van der Waals surface area (Å²) in [7, 11) is 0. The molecule has 1 radical (unpaired) electrons. The zero-order chi connectivity index (χ0) is 4.41. The van der Waals surface area contributed by atoms with Gasteiger partial charge in [0.1, 0.15) is 0 Å². The van der Waals surface area contributed by atoms with Gasteiger partial charge < -0.3 is 10.3 Å². The fraction of sp³-hybridized carbons (Fsp3) is 0.667. The average Bonchev–Trinajstić information content (AvgIpc) is 1.86. The van der Waals surface area contributed by atoms with Crippen molar-refractivity contribution in [3.05, 3.63) is 11.9 Å². The molecule has 35 valence electrons. The van der Waals surface area contributed by atoms with E-state index in [9.17, 15) is 5.21 Å². The van der Waals surface area contributed by atoms with Gasteiger partial charge in [-0.15, -0.1) is 0 Å². The van der Waals surface area contributed by atoms with Crippen LogP contribution in [0.1, 0.15) is 0 Å². The summed E-state index contributed by atoms with van der Waals surface area (Å²) < 4.78 is 0. The summed E-state index contributed by atoms with van der Waals surface area (Å²) in [5.41, 5.74) is 0. The Balaban J connectivity index is 2.18. The summed E-state index contributed by atoms with van der Waals surface area (Å²) in [6, 6.07) is 0. The number of quaternary nitrogens is 1. The van der Waals surface area contributed by atoms with Gasteiger partial charge in [0, 0.05) is 0 Å². The topological polar surface area (TPSA) is 39.5 Å². The molecule has 1 atom stereocenters. The van der Waals surface area contributed by atoms with Gasteiger partial charge in [0.05, 0.1) is 13.1 Å². The van der Waals surface area contributed by atoms with Crippen LogP contribution in [0, 0.1) is 11.9 Å². The molecule has 1 rings (SSSR count). The van der Waals surface area contributed by atoms with Crippen molar-refractivity contribution < 1.29 is 5.06 Å². The number of hydrogen-bond acceptors (Lipinski definition) is 2. The quantitative estimate of drug-likeness (QED) is 0.338. The Morgan fingerprint density at radius 2 is 2.67 bits per heavy atom. The third kappa shape index (κ3) is 0.680. The second-order valence-corrected chi connectivity index (χ2v) is 1.31. The van der Waals surface area contributed by atoms with E-state index >= 15 is 0 Å². The van der Waals surface area contributed by atoms with Crippen LogP contribution in [0.15, 0.2) is 0 Å². The zero-order valence-corrected chi connectivity index (χ0v) is 3.40. The van der Waals surface area contributed by atoms with E-state index in [1.807, 2.05) is 0 Å². The van der Waals surface area contributed by atoms with E-state index in [2.05, 4.69) is 5.32 Å². The van der Waals surface area contributed by atoms with E-state index in [-0.39, 0.29) is 5.06 Å². The van der Waals surface area contributed by atoms with Gasteiger partial charge in [-0.05, 0) is 0 Å². The molecule has 1 fully saturated rings. The lowest BCUT2D eigenvalue weighted by molar-refractivity contribution is -0.803. The van der Waals surface area contributed by atoms with Gasteiger partial charge in [0.2, 0.25) is 6.67 Å². The van der Waals surface area contributed by atoms with Crippen molar-refractivity contribution in [3.8, 4) is 0 Å². The van der Waals surface area contributed by atoms with Crippen LogP contribution in [-0.2, 0) is 0 Å². The van der Waals surface area contributed by atoms with Crippen LogP contribution >= 0.6 is 0 Å². The first-order valence-corrected chi connectivity index (χ1v) is 1.99. The first kappa shape index (κ1) is 4.05. The number of nitrogens with one attached hydrogen (secondary N) is 2. The highest BCUT2D eigenvalue weighted by Gasteiger charge is 2.04.